The first-order chi connectivity index (χ1) is 16.0. The number of rotatable bonds is 7. The maximum absolute atomic E-state index is 13.2. The monoisotopic (exact) mass is 525 g/mol. The molecule has 1 saturated heterocycles. The van der Waals surface area contributed by atoms with E-state index in [1.165, 1.54) is 16.7 Å². The van der Waals surface area contributed by atoms with Crippen LogP contribution >= 0.6 is 27.7 Å². The summed E-state index contributed by atoms with van der Waals surface area (Å²) in [6, 6.07) is 16.2. The van der Waals surface area contributed by atoms with Crippen LogP contribution in [0, 0.1) is 0 Å². The van der Waals surface area contributed by atoms with E-state index < -0.39 is 0 Å². The van der Waals surface area contributed by atoms with Crippen LogP contribution in [0.15, 0.2) is 84.9 Å². The number of carbonyl (C=O) groups is 1. The average Bonchev–Trinajstić information content (AvgIpc) is 3.41. The molecule has 7 nitrogen and oxygen atoms in total. The lowest BCUT2D eigenvalue weighted by atomic mass is 10.2. The van der Waals surface area contributed by atoms with E-state index in [9.17, 15) is 9.90 Å². The SMILES string of the molecule is CCOc1cc(/C=C2\S/C(=N/N=C\c3cccc(Br)c3)N(Cc3ccco3)C2=O)ccc1O. The zero-order valence-corrected chi connectivity index (χ0v) is 20.0. The Hall–Kier alpha value is -3.30. The van der Waals surface area contributed by atoms with Gasteiger partial charge >= 0.3 is 0 Å². The molecular weight excluding hydrogens is 506 g/mol. The van der Waals surface area contributed by atoms with Crippen molar-refractivity contribution in [1.82, 2.24) is 4.90 Å². The van der Waals surface area contributed by atoms with Crippen molar-refractivity contribution in [3.63, 3.8) is 0 Å². The lowest BCUT2D eigenvalue weighted by Crippen LogP contribution is -2.28. The predicted octanol–water partition coefficient (Wildman–Crippen LogP) is 5.65. The summed E-state index contributed by atoms with van der Waals surface area (Å²) in [4.78, 5) is 15.2. The van der Waals surface area contributed by atoms with Crippen LogP contribution in [0.3, 0.4) is 0 Å². The van der Waals surface area contributed by atoms with Crippen molar-refractivity contribution in [2.45, 2.75) is 13.5 Å². The molecule has 1 aromatic heterocycles. The summed E-state index contributed by atoms with van der Waals surface area (Å²) in [5, 5.41) is 18.9. The number of amidine groups is 1. The van der Waals surface area contributed by atoms with Gasteiger partial charge in [-0.15, -0.1) is 5.10 Å². The number of aromatic hydroxyl groups is 1. The number of ether oxygens (including phenoxy) is 1. The highest BCUT2D eigenvalue weighted by molar-refractivity contribution is 9.10. The molecule has 168 valence electrons. The number of carbonyl (C=O) groups excluding carboxylic acids is 1. The van der Waals surface area contributed by atoms with E-state index >= 15 is 0 Å². The van der Waals surface area contributed by atoms with Gasteiger partial charge in [-0.05, 0) is 72.3 Å². The van der Waals surface area contributed by atoms with Crippen LogP contribution in [-0.4, -0.2) is 33.9 Å². The molecule has 1 fully saturated rings. The zero-order chi connectivity index (χ0) is 23.2. The van der Waals surface area contributed by atoms with E-state index in [1.807, 2.05) is 31.2 Å². The summed E-state index contributed by atoms with van der Waals surface area (Å²) >= 11 is 4.66. The fourth-order valence-corrected chi connectivity index (χ4v) is 4.41. The Labute approximate surface area is 203 Å². The molecule has 0 atom stereocenters. The highest BCUT2D eigenvalue weighted by Crippen LogP contribution is 2.35. The van der Waals surface area contributed by atoms with Gasteiger partial charge in [0.1, 0.15) is 5.76 Å². The molecule has 0 unspecified atom stereocenters. The number of thioether (sulfide) groups is 1. The largest absolute Gasteiger partial charge is 0.504 e. The van der Waals surface area contributed by atoms with E-state index in [-0.39, 0.29) is 18.2 Å². The summed E-state index contributed by atoms with van der Waals surface area (Å²) in [5.41, 5.74) is 1.60. The Kier molecular flexibility index (Phi) is 7.31. The van der Waals surface area contributed by atoms with E-state index in [0.29, 0.717) is 28.2 Å². The molecule has 2 aromatic carbocycles. The number of benzene rings is 2. The molecule has 0 aliphatic carbocycles. The van der Waals surface area contributed by atoms with Gasteiger partial charge in [0, 0.05) is 4.47 Å². The van der Waals surface area contributed by atoms with Gasteiger partial charge in [-0.1, -0.05) is 34.1 Å². The average molecular weight is 526 g/mol. The standard InChI is InChI=1S/C24H20BrN3O4S/c1-2-31-21-12-16(8-9-20(21)29)13-22-23(30)28(15-19-7-4-10-32-19)24(33-22)27-26-14-17-5-3-6-18(25)11-17/h3-14,29H,2,15H2,1H3/b22-13-,26-14-,27-24+. The lowest BCUT2D eigenvalue weighted by molar-refractivity contribution is -0.122. The van der Waals surface area contributed by atoms with E-state index in [2.05, 4.69) is 26.1 Å². The molecule has 33 heavy (non-hydrogen) atoms. The smallest absolute Gasteiger partial charge is 0.267 e. The summed E-state index contributed by atoms with van der Waals surface area (Å²) in [5.74, 6) is 0.839. The molecule has 0 saturated carbocycles. The van der Waals surface area contributed by atoms with E-state index in [0.717, 1.165) is 15.6 Å². The first-order valence-corrected chi connectivity index (χ1v) is 11.7. The second-order valence-electron chi connectivity index (χ2n) is 6.92. The topological polar surface area (TPSA) is 87.6 Å². The van der Waals surface area contributed by atoms with E-state index in [1.54, 1.807) is 48.9 Å². The van der Waals surface area contributed by atoms with Crippen molar-refractivity contribution in [3.05, 3.63) is 87.1 Å². The van der Waals surface area contributed by atoms with Crippen molar-refractivity contribution in [2.75, 3.05) is 6.61 Å². The first-order valence-electron chi connectivity index (χ1n) is 10.1. The summed E-state index contributed by atoms with van der Waals surface area (Å²) in [6.45, 7) is 2.50. The molecular formula is C24H20BrN3O4S. The Morgan fingerprint density at radius 3 is 2.82 bits per heavy atom. The molecule has 1 aliphatic heterocycles. The number of hydrogen-bond acceptors (Lipinski definition) is 7. The van der Waals surface area contributed by atoms with Gasteiger partial charge in [0.15, 0.2) is 16.7 Å². The number of hydrogen-bond donors (Lipinski definition) is 1. The summed E-state index contributed by atoms with van der Waals surface area (Å²) in [6.07, 6.45) is 4.93. The van der Waals surface area contributed by atoms with Crippen molar-refractivity contribution in [3.8, 4) is 11.5 Å². The highest BCUT2D eigenvalue weighted by atomic mass is 79.9. The zero-order valence-electron chi connectivity index (χ0n) is 17.6. The molecule has 1 aliphatic rings. The number of phenolic OH excluding ortho intramolecular Hbond substituents is 1. The Morgan fingerprint density at radius 2 is 2.06 bits per heavy atom. The van der Waals surface area contributed by atoms with Crippen molar-refractivity contribution >= 4 is 51.1 Å². The van der Waals surface area contributed by atoms with Crippen LogP contribution < -0.4 is 4.74 Å². The van der Waals surface area contributed by atoms with Crippen LogP contribution in [-0.2, 0) is 11.3 Å². The second kappa shape index (κ2) is 10.5. The summed E-state index contributed by atoms with van der Waals surface area (Å²) < 4.78 is 11.8. The number of amides is 1. The van der Waals surface area contributed by atoms with Crippen molar-refractivity contribution < 1.29 is 19.1 Å². The third-order valence-electron chi connectivity index (χ3n) is 4.56. The number of furan rings is 1. The van der Waals surface area contributed by atoms with Gasteiger partial charge in [0.2, 0.25) is 0 Å². The molecule has 4 rings (SSSR count). The highest BCUT2D eigenvalue weighted by Gasteiger charge is 2.34. The third kappa shape index (κ3) is 5.74. The van der Waals surface area contributed by atoms with Crippen LogP contribution in [0.1, 0.15) is 23.8 Å². The summed E-state index contributed by atoms with van der Waals surface area (Å²) in [7, 11) is 0. The number of nitrogens with zero attached hydrogens (tertiary/aromatic N) is 3. The first kappa shape index (κ1) is 22.9. The van der Waals surface area contributed by atoms with Crippen molar-refractivity contribution in [1.29, 1.82) is 0 Å². The minimum Gasteiger partial charge on any atom is -0.504 e. The van der Waals surface area contributed by atoms with Gasteiger partial charge in [0.25, 0.3) is 5.91 Å². The second-order valence-corrected chi connectivity index (χ2v) is 8.85. The molecule has 2 heterocycles. The van der Waals surface area contributed by atoms with Crippen LogP contribution in [0.5, 0.6) is 11.5 Å². The maximum Gasteiger partial charge on any atom is 0.267 e. The van der Waals surface area contributed by atoms with Gasteiger partial charge in [-0.25, -0.2) is 0 Å². The minimum absolute atomic E-state index is 0.0491. The molecule has 9 heteroatoms. The molecule has 3 aromatic rings. The van der Waals surface area contributed by atoms with Gasteiger partial charge < -0.3 is 14.3 Å². The Balaban J connectivity index is 1.63. The minimum atomic E-state index is -0.209. The molecule has 0 radical (unpaired) electrons. The van der Waals surface area contributed by atoms with Gasteiger partial charge in [-0.3, -0.25) is 9.69 Å². The van der Waals surface area contributed by atoms with Gasteiger partial charge in [0.05, 0.1) is 30.5 Å². The normalized spacial score (nSPS) is 16.4. The lowest BCUT2D eigenvalue weighted by Gasteiger charge is -2.12. The maximum atomic E-state index is 13.2. The third-order valence-corrected chi connectivity index (χ3v) is 6.05. The van der Waals surface area contributed by atoms with Crippen molar-refractivity contribution in [2.24, 2.45) is 10.2 Å². The quantitative estimate of drug-likeness (QED) is 0.244. The fraction of sp³-hybridized carbons (Fsp3) is 0.125. The molecule has 1 N–H and O–H groups in total. The van der Waals surface area contributed by atoms with E-state index in [4.69, 9.17) is 9.15 Å². The molecule has 0 spiro atoms. The van der Waals surface area contributed by atoms with Crippen LogP contribution in [0.4, 0.5) is 0 Å². The van der Waals surface area contributed by atoms with Gasteiger partial charge in [-0.2, -0.15) is 5.10 Å². The molecule has 1 amide bonds. The predicted molar refractivity (Wildman–Crippen MR) is 133 cm³/mol. The Morgan fingerprint density at radius 1 is 1.18 bits per heavy atom. The van der Waals surface area contributed by atoms with Crippen LogP contribution in [0.2, 0.25) is 0 Å². The number of phenols is 1. The molecule has 0 bridgehead atoms. The Bertz CT molecular complexity index is 1240. The number of halogens is 1. The fourth-order valence-electron chi connectivity index (χ4n) is 3.06. The van der Waals surface area contributed by atoms with Crippen LogP contribution in [0.25, 0.3) is 6.08 Å².